The van der Waals surface area contributed by atoms with Crippen molar-refractivity contribution in [3.05, 3.63) is 61.2 Å². The Morgan fingerprint density at radius 1 is 1.13 bits per heavy atom. The monoisotopic (exact) mass is 801 g/mol. The molecule has 294 valence electrons. The molecule has 0 radical (unpaired) electrons. The van der Waals surface area contributed by atoms with Crippen LogP contribution in [0.2, 0.25) is 0 Å². The van der Waals surface area contributed by atoms with Gasteiger partial charge in [-0.2, -0.15) is 0 Å². The van der Waals surface area contributed by atoms with Crippen LogP contribution in [0.4, 0.5) is 0 Å². The lowest BCUT2D eigenvalue weighted by molar-refractivity contribution is -0.163. The molecule has 4 rings (SSSR count). The summed E-state index contributed by atoms with van der Waals surface area (Å²) in [4.78, 5) is 60.5. The van der Waals surface area contributed by atoms with Crippen LogP contribution in [-0.2, 0) is 33.4 Å². The number of halogens is 1. The SMILES string of the molecule is C=CCCC(=O)N[C@H](COC)[C@H](OC(=O)[C@H]1[C@@H]2O[C@@]3(CC2Br)[C@@H]1C(=O)N(CCCCCO)[C@@H]3C(=O)N(CC=C)C(C)(C)CC(C)(C)C)c1ccccc1. The highest BCUT2D eigenvalue weighted by atomic mass is 79.9. The molecule has 53 heavy (non-hydrogen) atoms. The highest BCUT2D eigenvalue weighted by molar-refractivity contribution is 9.09. The molecule has 1 aromatic carbocycles. The molecule has 0 aromatic heterocycles. The van der Waals surface area contributed by atoms with Gasteiger partial charge in [0.15, 0.2) is 0 Å². The fourth-order valence-electron chi connectivity index (χ4n) is 8.92. The smallest absolute Gasteiger partial charge is 0.313 e. The minimum atomic E-state index is -1.28. The number of esters is 1. The Labute approximate surface area is 324 Å². The quantitative estimate of drug-likeness (QED) is 0.0764. The van der Waals surface area contributed by atoms with Gasteiger partial charge in [-0.25, -0.2) is 0 Å². The van der Waals surface area contributed by atoms with Crippen LogP contribution in [0.15, 0.2) is 55.6 Å². The largest absolute Gasteiger partial charge is 0.455 e. The molecule has 1 spiro atoms. The number of carbonyl (C=O) groups is 4. The van der Waals surface area contributed by atoms with Crippen molar-refractivity contribution in [1.29, 1.82) is 0 Å². The predicted octanol–water partition coefficient (Wildman–Crippen LogP) is 5.51. The molecule has 11 nitrogen and oxygen atoms in total. The lowest BCUT2D eigenvalue weighted by Crippen LogP contribution is -2.61. The molecule has 2 N–H and O–H groups in total. The fourth-order valence-corrected chi connectivity index (χ4v) is 9.86. The van der Waals surface area contributed by atoms with Crippen molar-refractivity contribution in [2.24, 2.45) is 17.3 Å². The number of rotatable bonds is 20. The number of nitrogens with one attached hydrogen (secondary N) is 1. The number of hydrogen-bond acceptors (Lipinski definition) is 8. The van der Waals surface area contributed by atoms with Gasteiger partial charge in [0.2, 0.25) is 17.7 Å². The van der Waals surface area contributed by atoms with E-state index >= 15 is 4.79 Å². The molecule has 0 saturated carbocycles. The molecule has 12 heteroatoms. The number of amides is 3. The zero-order valence-corrected chi connectivity index (χ0v) is 33.9. The first-order chi connectivity index (χ1) is 25.1. The Bertz CT molecular complexity index is 1460. The van der Waals surface area contributed by atoms with Gasteiger partial charge in [-0.1, -0.05) is 79.2 Å². The number of ether oxygens (including phenoxy) is 3. The summed E-state index contributed by atoms with van der Waals surface area (Å²) < 4.78 is 18.7. The first-order valence-corrected chi connectivity index (χ1v) is 19.8. The summed E-state index contributed by atoms with van der Waals surface area (Å²) in [6.07, 6.45) is 5.25. The van der Waals surface area contributed by atoms with E-state index < -0.39 is 53.2 Å². The van der Waals surface area contributed by atoms with E-state index in [0.29, 0.717) is 44.1 Å². The first-order valence-electron chi connectivity index (χ1n) is 18.9. The second-order valence-electron chi connectivity index (χ2n) is 16.5. The summed E-state index contributed by atoms with van der Waals surface area (Å²) in [6, 6.07) is 7.43. The van der Waals surface area contributed by atoms with E-state index in [1.54, 1.807) is 17.1 Å². The van der Waals surface area contributed by atoms with Crippen LogP contribution in [0, 0.1) is 17.3 Å². The normalized spacial score (nSPS) is 26.2. The second kappa shape index (κ2) is 18.0. The minimum Gasteiger partial charge on any atom is -0.455 e. The minimum absolute atomic E-state index is 0.0301. The number of benzene rings is 1. The zero-order chi connectivity index (χ0) is 39.1. The van der Waals surface area contributed by atoms with Crippen LogP contribution < -0.4 is 5.32 Å². The second-order valence-corrected chi connectivity index (χ2v) is 17.7. The third-order valence-corrected chi connectivity index (χ3v) is 11.5. The number of likely N-dealkylation sites (tertiary alicyclic amines) is 1. The number of aliphatic hydroxyl groups is 1. The Balaban J connectivity index is 1.75. The summed E-state index contributed by atoms with van der Waals surface area (Å²) in [5.74, 6) is -3.41. The number of allylic oxidation sites excluding steroid dienone is 1. The molecule has 2 bridgehead atoms. The van der Waals surface area contributed by atoms with Gasteiger partial charge in [0.25, 0.3) is 0 Å². The zero-order valence-electron chi connectivity index (χ0n) is 32.4. The molecule has 1 unspecified atom stereocenters. The van der Waals surface area contributed by atoms with Crippen molar-refractivity contribution in [1.82, 2.24) is 15.1 Å². The molecule has 3 amide bonds. The maximum atomic E-state index is 15.1. The molecule has 0 aliphatic carbocycles. The topological polar surface area (TPSA) is 135 Å². The van der Waals surface area contributed by atoms with Crippen LogP contribution in [-0.4, -0.2) is 106 Å². The van der Waals surface area contributed by atoms with Gasteiger partial charge in [0.05, 0.1) is 30.6 Å². The Hall–Kier alpha value is -3.06. The van der Waals surface area contributed by atoms with E-state index in [2.05, 4.69) is 55.2 Å². The summed E-state index contributed by atoms with van der Waals surface area (Å²) in [5, 5.41) is 12.4. The van der Waals surface area contributed by atoms with Crippen molar-refractivity contribution in [2.45, 2.75) is 120 Å². The molecule has 1 aromatic rings. The molecular weight excluding hydrogens is 742 g/mol. The summed E-state index contributed by atoms with van der Waals surface area (Å²) >= 11 is 3.78. The number of unbranched alkanes of at least 4 members (excludes halogenated alkanes) is 2. The van der Waals surface area contributed by atoms with Gasteiger partial charge in [-0.05, 0) is 63.4 Å². The van der Waals surface area contributed by atoms with E-state index in [-0.39, 0.29) is 60.7 Å². The number of carbonyl (C=O) groups excluding carboxylic acids is 4. The van der Waals surface area contributed by atoms with Gasteiger partial charge < -0.3 is 34.4 Å². The molecule has 8 atom stereocenters. The number of methoxy groups -OCH3 is 1. The van der Waals surface area contributed by atoms with E-state index in [1.807, 2.05) is 49.1 Å². The summed E-state index contributed by atoms with van der Waals surface area (Å²) in [7, 11) is 1.51. The molecule has 3 fully saturated rings. The molecule has 3 aliphatic heterocycles. The van der Waals surface area contributed by atoms with Gasteiger partial charge in [-0.15, -0.1) is 13.2 Å². The van der Waals surface area contributed by atoms with E-state index in [4.69, 9.17) is 14.2 Å². The summed E-state index contributed by atoms with van der Waals surface area (Å²) in [6.45, 7) is 18.8. The van der Waals surface area contributed by atoms with Crippen LogP contribution in [0.5, 0.6) is 0 Å². The lowest BCUT2D eigenvalue weighted by Gasteiger charge is -2.45. The average molecular weight is 803 g/mol. The van der Waals surface area contributed by atoms with Crippen molar-refractivity contribution >= 4 is 39.6 Å². The van der Waals surface area contributed by atoms with Gasteiger partial charge >= 0.3 is 5.97 Å². The first kappa shape index (κ1) is 42.7. The predicted molar refractivity (Wildman–Crippen MR) is 207 cm³/mol. The van der Waals surface area contributed by atoms with E-state index in [1.165, 1.54) is 7.11 Å². The average Bonchev–Trinajstić information content (AvgIpc) is 3.68. The van der Waals surface area contributed by atoms with Gasteiger partial charge in [-0.3, -0.25) is 19.2 Å². The number of alkyl halides is 1. The highest BCUT2D eigenvalue weighted by Crippen LogP contribution is 2.61. The van der Waals surface area contributed by atoms with Crippen molar-refractivity contribution in [3.8, 4) is 0 Å². The summed E-state index contributed by atoms with van der Waals surface area (Å²) in [5.41, 5.74) is -1.32. The molecule has 3 heterocycles. The molecule has 3 saturated heterocycles. The highest BCUT2D eigenvalue weighted by Gasteiger charge is 2.77. The Kier molecular flexibility index (Phi) is 14.5. The maximum absolute atomic E-state index is 15.1. The maximum Gasteiger partial charge on any atom is 0.313 e. The van der Waals surface area contributed by atoms with E-state index in [9.17, 15) is 19.5 Å². The number of aliphatic hydroxyl groups excluding tert-OH is 1. The van der Waals surface area contributed by atoms with Crippen LogP contribution >= 0.6 is 15.9 Å². The molecule has 3 aliphatic rings. The third-order valence-electron chi connectivity index (χ3n) is 10.6. The molecular formula is C41H60BrN3O8. The Morgan fingerprint density at radius 2 is 1.83 bits per heavy atom. The number of hydrogen-bond donors (Lipinski definition) is 2. The van der Waals surface area contributed by atoms with Crippen molar-refractivity contribution in [3.63, 3.8) is 0 Å². The van der Waals surface area contributed by atoms with Crippen molar-refractivity contribution < 1.29 is 38.5 Å². The van der Waals surface area contributed by atoms with Gasteiger partial charge in [0, 0.05) is 43.6 Å². The third kappa shape index (κ3) is 9.43. The fraction of sp³-hybridized carbons (Fsp3) is 0.659. The van der Waals surface area contributed by atoms with E-state index in [0.717, 1.165) is 0 Å². The van der Waals surface area contributed by atoms with Crippen LogP contribution in [0.3, 0.4) is 0 Å². The number of fused-ring (bicyclic) bond motifs is 1. The Morgan fingerprint density at radius 3 is 2.43 bits per heavy atom. The number of nitrogens with zero attached hydrogens (tertiary/aromatic N) is 2. The van der Waals surface area contributed by atoms with Crippen LogP contribution in [0.1, 0.15) is 91.2 Å². The van der Waals surface area contributed by atoms with Gasteiger partial charge in [0.1, 0.15) is 17.7 Å². The van der Waals surface area contributed by atoms with Crippen LogP contribution in [0.25, 0.3) is 0 Å². The standard InChI is InChI=1S/C41H60BrN3O8/c1-9-11-20-30(47)43-29(25-51-8)33(27-18-14-12-15-19-27)52-38(50)31-32-36(48)44(22-16-13-17-23-46)35(41(32)24-28(42)34(31)53-41)37(49)45(21-10-2)40(6,7)26-39(3,4)5/h9-10,12,14-15,18-19,28-29,31-35,46H,1-2,11,13,16-17,20-26H2,3-8H3,(H,43,47)/t28?,29-,31-,32+,33-,34-,35-,41+/m1/s1. The lowest BCUT2D eigenvalue weighted by atomic mass is 9.70. The van der Waals surface area contributed by atoms with Crippen molar-refractivity contribution in [2.75, 3.05) is 33.4 Å².